The van der Waals surface area contributed by atoms with Gasteiger partial charge in [-0.05, 0) is 67.9 Å². The van der Waals surface area contributed by atoms with Gasteiger partial charge in [0.25, 0.3) is 5.91 Å². The molecule has 1 aliphatic heterocycles. The molecule has 176 valence electrons. The number of hydrogen-bond acceptors (Lipinski definition) is 7. The molecule has 0 radical (unpaired) electrons. The Bertz CT molecular complexity index is 1350. The van der Waals surface area contributed by atoms with E-state index in [1.54, 1.807) is 47.6 Å². The molecule has 0 N–H and O–H groups in total. The number of benzene rings is 1. The van der Waals surface area contributed by atoms with Crippen molar-refractivity contribution in [2.45, 2.75) is 31.0 Å². The first kappa shape index (κ1) is 22.7. The second-order valence-corrected chi connectivity index (χ2v) is 8.34. The summed E-state index contributed by atoms with van der Waals surface area (Å²) in [5.74, 6) is 0.0356. The lowest BCUT2D eigenvalue weighted by atomic mass is 9.75. The number of nitrogens with zero attached hydrogens (tertiary/aromatic N) is 6. The monoisotopic (exact) mass is 496 g/mol. The largest absolute Gasteiger partial charge is 0.424 e. The van der Waals surface area contributed by atoms with E-state index in [0.29, 0.717) is 24.3 Å². The highest BCUT2D eigenvalue weighted by Gasteiger charge is 2.59. The van der Waals surface area contributed by atoms with Gasteiger partial charge in [0.05, 0.1) is 17.4 Å². The first-order valence-corrected chi connectivity index (χ1v) is 10.9. The smallest absolute Gasteiger partial charge is 0.419 e. The highest BCUT2D eigenvalue weighted by atomic mass is 32.1. The standard InChI is InChI=1S/C23H15F3N6O2S/c24-23(25,26)17-11-15(13-30-18(17)12-27)31-19(33)22(7-1-8-22)32(21(31)35)14-3-5-16(6-4-14)34-20-28-9-2-10-29-20/h2-6,9-11,13H,1,7-8H2. The van der Waals surface area contributed by atoms with Gasteiger partial charge in [-0.3, -0.25) is 9.69 Å². The topological polar surface area (TPSA) is 95.2 Å². The molecule has 8 nitrogen and oxygen atoms in total. The zero-order valence-corrected chi connectivity index (χ0v) is 18.7. The average molecular weight is 496 g/mol. The molecule has 3 aromatic rings. The number of halogens is 3. The molecule has 2 fully saturated rings. The third kappa shape index (κ3) is 3.74. The molecule has 1 amide bonds. The molecular weight excluding hydrogens is 481 g/mol. The number of ether oxygens (including phenoxy) is 1. The van der Waals surface area contributed by atoms with Crippen LogP contribution in [-0.2, 0) is 11.0 Å². The van der Waals surface area contributed by atoms with Crippen LogP contribution in [0.25, 0.3) is 0 Å². The molecule has 0 bridgehead atoms. The SMILES string of the molecule is N#Cc1ncc(N2C(=O)C3(CCC3)N(c3ccc(Oc4ncccn4)cc3)C2=S)cc1C(F)(F)F. The molecule has 5 rings (SSSR count). The van der Waals surface area contributed by atoms with Crippen molar-refractivity contribution in [3.05, 3.63) is 66.2 Å². The minimum Gasteiger partial charge on any atom is -0.424 e. The zero-order valence-electron chi connectivity index (χ0n) is 17.9. The Balaban J connectivity index is 1.49. The van der Waals surface area contributed by atoms with Gasteiger partial charge in [-0.2, -0.15) is 18.4 Å². The molecule has 12 heteroatoms. The molecule has 3 heterocycles. The zero-order chi connectivity index (χ0) is 24.8. The Morgan fingerprint density at radius 2 is 1.77 bits per heavy atom. The molecule has 0 unspecified atom stereocenters. The Kier molecular flexibility index (Phi) is 5.36. The van der Waals surface area contributed by atoms with Gasteiger partial charge in [0, 0.05) is 18.1 Å². The fourth-order valence-corrected chi connectivity index (χ4v) is 4.66. The van der Waals surface area contributed by atoms with Crippen LogP contribution in [0.2, 0.25) is 0 Å². The second kappa shape index (κ2) is 8.28. The van der Waals surface area contributed by atoms with Crippen LogP contribution in [0.15, 0.2) is 55.0 Å². The van der Waals surface area contributed by atoms with E-state index in [9.17, 15) is 18.0 Å². The normalized spacial score (nSPS) is 16.9. The first-order chi connectivity index (χ1) is 16.7. The summed E-state index contributed by atoms with van der Waals surface area (Å²) in [5, 5.41) is 9.07. The Labute approximate surface area is 202 Å². The van der Waals surface area contributed by atoms with Crippen LogP contribution in [0.5, 0.6) is 11.8 Å². The van der Waals surface area contributed by atoms with Crippen molar-refractivity contribution in [2.75, 3.05) is 9.80 Å². The fourth-order valence-electron chi connectivity index (χ4n) is 4.20. The molecule has 0 atom stereocenters. The molecule has 1 aliphatic carbocycles. The van der Waals surface area contributed by atoms with Gasteiger partial charge in [-0.1, -0.05) is 0 Å². The van der Waals surface area contributed by atoms with Crippen molar-refractivity contribution in [3.63, 3.8) is 0 Å². The average Bonchev–Trinajstić information content (AvgIpc) is 3.06. The van der Waals surface area contributed by atoms with Crippen LogP contribution in [0.3, 0.4) is 0 Å². The Morgan fingerprint density at radius 1 is 1.09 bits per heavy atom. The number of pyridine rings is 1. The number of aromatic nitrogens is 3. The van der Waals surface area contributed by atoms with Crippen LogP contribution in [-0.4, -0.2) is 31.5 Å². The van der Waals surface area contributed by atoms with Gasteiger partial charge in [-0.15, -0.1) is 0 Å². The lowest BCUT2D eigenvalue weighted by molar-refractivity contribution is -0.138. The summed E-state index contributed by atoms with van der Waals surface area (Å²) < 4.78 is 46.1. The van der Waals surface area contributed by atoms with E-state index in [2.05, 4.69) is 15.0 Å². The molecule has 1 aromatic carbocycles. The summed E-state index contributed by atoms with van der Waals surface area (Å²) in [4.78, 5) is 27.9. The minimum absolute atomic E-state index is 0.0365. The van der Waals surface area contributed by atoms with E-state index in [1.807, 2.05) is 0 Å². The molecule has 1 saturated carbocycles. The van der Waals surface area contributed by atoms with Crippen molar-refractivity contribution >= 4 is 34.6 Å². The maximum Gasteiger partial charge on any atom is 0.419 e. The lowest BCUT2D eigenvalue weighted by Crippen LogP contribution is -2.55. The lowest BCUT2D eigenvalue weighted by Gasteiger charge is -2.43. The predicted octanol–water partition coefficient (Wildman–Crippen LogP) is 4.62. The maximum absolute atomic E-state index is 13.5. The number of hydrogen-bond donors (Lipinski definition) is 0. The number of thiocarbonyl (C=S) groups is 1. The van der Waals surface area contributed by atoms with Crippen molar-refractivity contribution in [3.8, 4) is 17.8 Å². The first-order valence-electron chi connectivity index (χ1n) is 10.5. The summed E-state index contributed by atoms with van der Waals surface area (Å²) in [6, 6.07) is 10.8. The van der Waals surface area contributed by atoms with Crippen LogP contribution >= 0.6 is 12.2 Å². The number of nitriles is 1. The van der Waals surface area contributed by atoms with E-state index >= 15 is 0 Å². The Hall–Kier alpha value is -4.11. The summed E-state index contributed by atoms with van der Waals surface area (Å²) in [5.41, 5.74) is -2.54. The molecule has 2 aliphatic rings. The van der Waals surface area contributed by atoms with Gasteiger partial charge >= 0.3 is 12.2 Å². The van der Waals surface area contributed by atoms with E-state index < -0.39 is 28.9 Å². The van der Waals surface area contributed by atoms with Crippen molar-refractivity contribution in [1.82, 2.24) is 15.0 Å². The summed E-state index contributed by atoms with van der Waals surface area (Å²) in [7, 11) is 0. The maximum atomic E-state index is 13.5. The fraction of sp³-hybridized carbons (Fsp3) is 0.217. The van der Waals surface area contributed by atoms with E-state index in [1.165, 1.54) is 6.07 Å². The predicted molar refractivity (Wildman–Crippen MR) is 122 cm³/mol. The Morgan fingerprint density at radius 3 is 2.34 bits per heavy atom. The van der Waals surface area contributed by atoms with Gasteiger partial charge in [0.1, 0.15) is 17.4 Å². The highest BCUT2D eigenvalue weighted by molar-refractivity contribution is 7.81. The van der Waals surface area contributed by atoms with Gasteiger partial charge in [0.2, 0.25) is 0 Å². The molecule has 35 heavy (non-hydrogen) atoms. The van der Waals surface area contributed by atoms with Gasteiger partial charge in [-0.25, -0.2) is 15.0 Å². The number of carbonyl (C=O) groups excluding carboxylic acids is 1. The summed E-state index contributed by atoms with van der Waals surface area (Å²) >= 11 is 5.59. The van der Waals surface area contributed by atoms with Gasteiger partial charge in [0.15, 0.2) is 10.8 Å². The van der Waals surface area contributed by atoms with Crippen LogP contribution in [0, 0.1) is 11.3 Å². The highest BCUT2D eigenvalue weighted by Crippen LogP contribution is 2.48. The van der Waals surface area contributed by atoms with Crippen molar-refractivity contribution in [2.24, 2.45) is 0 Å². The van der Waals surface area contributed by atoms with Crippen LogP contribution in [0.4, 0.5) is 24.5 Å². The van der Waals surface area contributed by atoms with Crippen molar-refractivity contribution in [1.29, 1.82) is 5.26 Å². The third-order valence-corrected chi connectivity index (χ3v) is 6.35. The van der Waals surface area contributed by atoms with E-state index in [0.717, 1.165) is 23.6 Å². The number of rotatable bonds is 4. The number of alkyl halides is 3. The summed E-state index contributed by atoms with van der Waals surface area (Å²) in [6.07, 6.45) is 1.09. The quantitative estimate of drug-likeness (QED) is 0.483. The van der Waals surface area contributed by atoms with E-state index in [4.69, 9.17) is 22.2 Å². The number of anilines is 2. The van der Waals surface area contributed by atoms with Crippen LogP contribution < -0.4 is 14.5 Å². The molecule has 2 aromatic heterocycles. The number of carbonyl (C=O) groups is 1. The van der Waals surface area contributed by atoms with E-state index in [-0.39, 0.29) is 16.8 Å². The second-order valence-electron chi connectivity index (χ2n) is 7.97. The van der Waals surface area contributed by atoms with Gasteiger partial charge < -0.3 is 9.64 Å². The molecule has 1 saturated heterocycles. The third-order valence-electron chi connectivity index (χ3n) is 5.98. The molecular formula is C23H15F3N6O2S. The summed E-state index contributed by atoms with van der Waals surface area (Å²) in [6.45, 7) is 0. The number of amides is 1. The van der Waals surface area contributed by atoms with Crippen molar-refractivity contribution < 1.29 is 22.7 Å². The van der Waals surface area contributed by atoms with Crippen LogP contribution in [0.1, 0.15) is 30.5 Å². The molecule has 1 spiro atoms. The minimum atomic E-state index is -4.81.